The lowest BCUT2D eigenvalue weighted by Gasteiger charge is -2.33. The lowest BCUT2D eigenvalue weighted by Crippen LogP contribution is -2.50. The van der Waals surface area contributed by atoms with Gasteiger partial charge in [0.25, 0.3) is 11.8 Å². The number of ether oxygens (including phenoxy) is 1. The number of hydrogen-bond acceptors (Lipinski definition) is 7. The zero-order chi connectivity index (χ0) is 18.6. The van der Waals surface area contributed by atoms with Gasteiger partial charge in [-0.1, -0.05) is 0 Å². The number of aromatic nitrogens is 1. The van der Waals surface area contributed by atoms with Crippen molar-refractivity contribution in [2.75, 3.05) is 38.5 Å². The summed E-state index contributed by atoms with van der Waals surface area (Å²) in [4.78, 5) is 39.8. The van der Waals surface area contributed by atoms with Crippen LogP contribution < -0.4 is 11.1 Å². The van der Waals surface area contributed by atoms with E-state index < -0.39 is 5.91 Å². The van der Waals surface area contributed by atoms with Crippen molar-refractivity contribution in [2.24, 2.45) is 0 Å². The first-order valence-corrected chi connectivity index (χ1v) is 8.89. The summed E-state index contributed by atoms with van der Waals surface area (Å²) in [5.74, 6) is -0.669. The minimum Gasteiger partial charge on any atom is -0.450 e. The van der Waals surface area contributed by atoms with E-state index in [0.29, 0.717) is 32.8 Å². The molecule has 0 aliphatic carbocycles. The number of rotatable bonds is 4. The van der Waals surface area contributed by atoms with Gasteiger partial charge in [0.2, 0.25) is 0 Å². The molecule has 3 amide bonds. The molecule has 0 spiro atoms. The van der Waals surface area contributed by atoms with Gasteiger partial charge in [0.05, 0.1) is 12.3 Å². The van der Waals surface area contributed by atoms with Crippen molar-refractivity contribution in [1.29, 1.82) is 0 Å². The number of amides is 3. The molecule has 0 saturated carbocycles. The van der Waals surface area contributed by atoms with E-state index >= 15 is 0 Å². The number of piperazine rings is 1. The van der Waals surface area contributed by atoms with Crippen LogP contribution in [-0.2, 0) is 4.74 Å². The van der Waals surface area contributed by atoms with Crippen LogP contribution in [0.15, 0.2) is 0 Å². The molecule has 3 N–H and O–H groups in total. The van der Waals surface area contributed by atoms with Gasteiger partial charge in [-0.3, -0.25) is 9.59 Å². The Bertz CT molecular complexity index is 652. The van der Waals surface area contributed by atoms with Crippen LogP contribution in [-0.4, -0.2) is 70.9 Å². The van der Waals surface area contributed by atoms with Gasteiger partial charge in [0, 0.05) is 32.2 Å². The summed E-state index contributed by atoms with van der Waals surface area (Å²) in [6.07, 6.45) is -0.375. The molecule has 0 atom stereocenters. The van der Waals surface area contributed by atoms with Gasteiger partial charge in [-0.15, -0.1) is 0 Å². The predicted octanol–water partition coefficient (Wildman–Crippen LogP) is 0.778. The SMILES string of the molecule is CCOC(=O)N1CCN(C(=O)c2snc(C(=O)NC(C)C)c2N)CC1. The Kier molecular flexibility index (Phi) is 6.18. The topological polar surface area (TPSA) is 118 Å². The number of anilines is 1. The Morgan fingerprint density at radius 1 is 1.24 bits per heavy atom. The second-order valence-electron chi connectivity index (χ2n) is 5.88. The van der Waals surface area contributed by atoms with Crippen molar-refractivity contribution in [3.63, 3.8) is 0 Å². The van der Waals surface area contributed by atoms with Crippen LogP contribution >= 0.6 is 11.5 Å². The first-order chi connectivity index (χ1) is 11.8. The molecule has 0 aromatic carbocycles. The van der Waals surface area contributed by atoms with E-state index in [1.54, 1.807) is 16.7 Å². The third kappa shape index (κ3) is 4.38. The van der Waals surface area contributed by atoms with Crippen molar-refractivity contribution in [2.45, 2.75) is 26.8 Å². The second-order valence-corrected chi connectivity index (χ2v) is 6.65. The summed E-state index contributed by atoms with van der Waals surface area (Å²) in [5, 5.41) is 2.70. The third-order valence-electron chi connectivity index (χ3n) is 3.65. The smallest absolute Gasteiger partial charge is 0.409 e. The first kappa shape index (κ1) is 19.0. The lowest BCUT2D eigenvalue weighted by molar-refractivity contribution is 0.0575. The van der Waals surface area contributed by atoms with Gasteiger partial charge < -0.3 is 25.6 Å². The van der Waals surface area contributed by atoms with E-state index in [1.807, 2.05) is 13.8 Å². The van der Waals surface area contributed by atoms with Crippen LogP contribution in [0.4, 0.5) is 10.5 Å². The fraction of sp³-hybridized carbons (Fsp3) is 0.600. The standard InChI is InChI=1S/C15H23N5O4S/c1-4-24-15(23)20-7-5-19(6-8-20)14(22)12-10(16)11(18-25-12)13(21)17-9(2)3/h9H,4-8,16H2,1-3H3,(H,17,21). The summed E-state index contributed by atoms with van der Waals surface area (Å²) < 4.78 is 8.98. The summed E-state index contributed by atoms with van der Waals surface area (Å²) in [6.45, 7) is 7.26. The number of nitrogens with two attached hydrogens (primary N) is 1. The van der Waals surface area contributed by atoms with Crippen LogP contribution in [0.1, 0.15) is 40.9 Å². The molecule has 1 aromatic rings. The lowest BCUT2D eigenvalue weighted by atomic mass is 10.2. The average Bonchev–Trinajstić information content (AvgIpc) is 2.95. The van der Waals surface area contributed by atoms with E-state index in [2.05, 4.69) is 9.69 Å². The van der Waals surface area contributed by atoms with Gasteiger partial charge in [0.15, 0.2) is 5.69 Å². The predicted molar refractivity (Wildman–Crippen MR) is 93.6 cm³/mol. The second kappa shape index (κ2) is 8.15. The summed E-state index contributed by atoms with van der Waals surface area (Å²) >= 11 is 0.916. The molecule has 0 radical (unpaired) electrons. The summed E-state index contributed by atoms with van der Waals surface area (Å²) in [5.41, 5.74) is 6.13. The van der Waals surface area contributed by atoms with Gasteiger partial charge in [-0.2, -0.15) is 4.37 Å². The molecular weight excluding hydrogens is 346 g/mol. The number of carbonyl (C=O) groups is 3. The van der Waals surface area contributed by atoms with Crippen molar-refractivity contribution in [1.82, 2.24) is 19.5 Å². The minimum absolute atomic E-state index is 0.0521. The van der Waals surface area contributed by atoms with Gasteiger partial charge in [-0.05, 0) is 32.3 Å². The molecule has 10 heteroatoms. The highest BCUT2D eigenvalue weighted by Gasteiger charge is 2.29. The van der Waals surface area contributed by atoms with E-state index in [4.69, 9.17) is 10.5 Å². The molecule has 1 aromatic heterocycles. The Morgan fingerprint density at radius 3 is 2.40 bits per heavy atom. The number of nitrogens with one attached hydrogen (secondary N) is 1. The molecule has 1 aliphatic rings. The van der Waals surface area contributed by atoms with Crippen LogP contribution in [0.2, 0.25) is 0 Å². The molecule has 1 saturated heterocycles. The normalized spacial score (nSPS) is 14.6. The van der Waals surface area contributed by atoms with E-state index in [-0.39, 0.29) is 34.3 Å². The molecule has 2 rings (SSSR count). The molecule has 1 aliphatic heterocycles. The third-order valence-corrected chi connectivity index (χ3v) is 4.50. The van der Waals surface area contributed by atoms with Gasteiger partial charge >= 0.3 is 6.09 Å². The highest BCUT2D eigenvalue weighted by atomic mass is 32.1. The number of hydrogen-bond donors (Lipinski definition) is 2. The molecule has 2 heterocycles. The molecule has 25 heavy (non-hydrogen) atoms. The number of nitrogen functional groups attached to an aromatic ring is 1. The maximum Gasteiger partial charge on any atom is 0.409 e. The van der Waals surface area contributed by atoms with E-state index in [0.717, 1.165) is 11.5 Å². The van der Waals surface area contributed by atoms with E-state index in [1.165, 1.54) is 0 Å². The number of carbonyl (C=O) groups excluding carboxylic acids is 3. The fourth-order valence-electron chi connectivity index (χ4n) is 2.40. The monoisotopic (exact) mass is 369 g/mol. The Hall–Kier alpha value is -2.36. The van der Waals surface area contributed by atoms with Gasteiger partial charge in [0.1, 0.15) is 4.88 Å². The maximum absolute atomic E-state index is 12.6. The zero-order valence-electron chi connectivity index (χ0n) is 14.6. The maximum atomic E-state index is 12.6. The highest BCUT2D eigenvalue weighted by molar-refractivity contribution is 7.09. The van der Waals surface area contributed by atoms with Crippen LogP contribution in [0, 0.1) is 0 Å². The summed E-state index contributed by atoms with van der Waals surface area (Å²) in [7, 11) is 0. The Balaban J connectivity index is 2.01. The largest absolute Gasteiger partial charge is 0.450 e. The fourth-order valence-corrected chi connectivity index (χ4v) is 3.16. The molecule has 9 nitrogen and oxygen atoms in total. The molecule has 0 bridgehead atoms. The zero-order valence-corrected chi connectivity index (χ0v) is 15.4. The quantitative estimate of drug-likeness (QED) is 0.810. The van der Waals surface area contributed by atoms with Crippen molar-refractivity contribution >= 4 is 35.1 Å². The van der Waals surface area contributed by atoms with Crippen molar-refractivity contribution in [3.8, 4) is 0 Å². The Morgan fingerprint density at radius 2 is 1.84 bits per heavy atom. The summed E-state index contributed by atoms with van der Waals surface area (Å²) in [6, 6.07) is -0.0521. The van der Waals surface area contributed by atoms with Crippen molar-refractivity contribution in [3.05, 3.63) is 10.6 Å². The minimum atomic E-state index is -0.394. The molecule has 0 unspecified atom stereocenters. The Labute approximate surface area is 150 Å². The molecule has 1 fully saturated rings. The van der Waals surface area contributed by atoms with Gasteiger partial charge in [-0.25, -0.2) is 4.79 Å². The number of nitrogens with zero attached hydrogens (tertiary/aromatic N) is 3. The average molecular weight is 369 g/mol. The first-order valence-electron chi connectivity index (χ1n) is 8.12. The van der Waals surface area contributed by atoms with Crippen LogP contribution in [0.25, 0.3) is 0 Å². The van der Waals surface area contributed by atoms with E-state index in [9.17, 15) is 14.4 Å². The molecular formula is C15H23N5O4S. The van der Waals surface area contributed by atoms with Crippen LogP contribution in [0.3, 0.4) is 0 Å². The van der Waals surface area contributed by atoms with Crippen molar-refractivity contribution < 1.29 is 19.1 Å². The molecule has 138 valence electrons. The highest BCUT2D eigenvalue weighted by Crippen LogP contribution is 2.24. The van der Waals surface area contributed by atoms with Crippen LogP contribution in [0.5, 0.6) is 0 Å².